The SMILES string of the molecule is C=CC(=O)OCI. The molecule has 0 aliphatic carbocycles. The fourth-order valence-electron chi connectivity index (χ4n) is 0.113. The van der Waals surface area contributed by atoms with Gasteiger partial charge in [0.15, 0.2) is 0 Å². The molecule has 0 aromatic heterocycles. The van der Waals surface area contributed by atoms with Crippen molar-refractivity contribution in [2.75, 3.05) is 4.61 Å². The van der Waals surface area contributed by atoms with E-state index in [1.807, 2.05) is 22.6 Å². The van der Waals surface area contributed by atoms with E-state index in [0.29, 0.717) is 4.61 Å². The Morgan fingerprint density at radius 2 is 2.57 bits per heavy atom. The minimum Gasteiger partial charge on any atom is -0.452 e. The van der Waals surface area contributed by atoms with E-state index in [-0.39, 0.29) is 5.97 Å². The molecule has 0 fully saturated rings. The van der Waals surface area contributed by atoms with Gasteiger partial charge in [0.05, 0.1) is 0 Å². The van der Waals surface area contributed by atoms with E-state index < -0.39 is 0 Å². The van der Waals surface area contributed by atoms with Crippen LogP contribution in [-0.4, -0.2) is 10.6 Å². The second-order valence-corrected chi connectivity index (χ2v) is 1.40. The van der Waals surface area contributed by atoms with Gasteiger partial charge in [0.1, 0.15) is 4.61 Å². The Kier molecular flexibility index (Phi) is 4.07. The summed E-state index contributed by atoms with van der Waals surface area (Å²) in [4.78, 5) is 10.1. The van der Waals surface area contributed by atoms with Crippen LogP contribution >= 0.6 is 22.6 Å². The third-order valence-electron chi connectivity index (χ3n) is 0.363. The summed E-state index contributed by atoms with van der Waals surface area (Å²) >= 11 is 1.94. The molecule has 0 aromatic carbocycles. The van der Waals surface area contributed by atoms with Crippen molar-refractivity contribution in [3.8, 4) is 0 Å². The summed E-state index contributed by atoms with van der Waals surface area (Å²) in [6.07, 6.45) is 1.14. The van der Waals surface area contributed by atoms with E-state index in [1.54, 1.807) is 0 Å². The van der Waals surface area contributed by atoms with Crippen LogP contribution in [0.3, 0.4) is 0 Å². The summed E-state index contributed by atoms with van der Waals surface area (Å²) < 4.78 is 4.81. The number of halogens is 1. The van der Waals surface area contributed by atoms with Crippen molar-refractivity contribution >= 4 is 28.6 Å². The molecule has 7 heavy (non-hydrogen) atoms. The van der Waals surface area contributed by atoms with Crippen LogP contribution in [0.25, 0.3) is 0 Å². The minimum atomic E-state index is -0.366. The molecule has 0 rings (SSSR count). The lowest BCUT2D eigenvalue weighted by atomic mass is 10.7. The van der Waals surface area contributed by atoms with Crippen LogP contribution in [0.5, 0.6) is 0 Å². The van der Waals surface area contributed by atoms with E-state index in [1.165, 1.54) is 0 Å². The van der Waals surface area contributed by atoms with Gasteiger partial charge >= 0.3 is 5.97 Å². The Morgan fingerprint density at radius 1 is 2.00 bits per heavy atom. The van der Waals surface area contributed by atoms with Gasteiger partial charge in [0.2, 0.25) is 0 Å². The lowest BCUT2D eigenvalue weighted by Crippen LogP contribution is -1.95. The van der Waals surface area contributed by atoms with E-state index in [9.17, 15) is 4.79 Å². The van der Waals surface area contributed by atoms with Gasteiger partial charge in [0, 0.05) is 6.08 Å². The van der Waals surface area contributed by atoms with Crippen LogP contribution in [0.1, 0.15) is 0 Å². The molecule has 0 aliphatic rings. The van der Waals surface area contributed by atoms with E-state index in [4.69, 9.17) is 0 Å². The molecule has 40 valence electrons. The summed E-state index contributed by atoms with van der Waals surface area (Å²) in [5, 5.41) is 0. The number of ether oxygens (including phenoxy) is 1. The first-order valence-corrected chi connectivity index (χ1v) is 3.19. The van der Waals surface area contributed by atoms with Gasteiger partial charge in [-0.05, 0) is 22.6 Å². The van der Waals surface area contributed by atoms with Gasteiger partial charge in [-0.3, -0.25) is 0 Å². The maximum absolute atomic E-state index is 10.1. The summed E-state index contributed by atoms with van der Waals surface area (Å²) in [6, 6.07) is 0. The van der Waals surface area contributed by atoms with Gasteiger partial charge in [-0.25, -0.2) is 4.79 Å². The fourth-order valence-corrected chi connectivity index (χ4v) is 0.420. The topological polar surface area (TPSA) is 26.3 Å². The van der Waals surface area contributed by atoms with Crippen molar-refractivity contribution in [1.29, 1.82) is 0 Å². The molecule has 0 spiro atoms. The molecule has 0 bridgehead atoms. The monoisotopic (exact) mass is 212 g/mol. The smallest absolute Gasteiger partial charge is 0.330 e. The lowest BCUT2D eigenvalue weighted by Gasteiger charge is -1.89. The van der Waals surface area contributed by atoms with Crippen LogP contribution in [-0.2, 0) is 9.53 Å². The second kappa shape index (κ2) is 4.11. The Bertz CT molecular complexity index is 79.8. The molecule has 0 atom stereocenters. The molecule has 0 saturated carbocycles. The highest BCUT2D eigenvalue weighted by atomic mass is 127. The third-order valence-corrected chi connectivity index (χ3v) is 0.675. The Morgan fingerprint density at radius 3 is 2.71 bits per heavy atom. The van der Waals surface area contributed by atoms with Crippen molar-refractivity contribution in [3.63, 3.8) is 0 Å². The minimum absolute atomic E-state index is 0.366. The highest BCUT2D eigenvalue weighted by Gasteiger charge is 1.87. The zero-order chi connectivity index (χ0) is 5.70. The summed E-state index contributed by atoms with van der Waals surface area (Å²) in [5.74, 6) is -0.366. The first-order chi connectivity index (χ1) is 3.31. The average Bonchev–Trinajstić information content (AvgIpc) is 1.68. The normalized spacial score (nSPS) is 7.57. The molecule has 0 unspecified atom stereocenters. The molecule has 0 amide bonds. The number of carbonyl (C=O) groups excluding carboxylic acids is 1. The van der Waals surface area contributed by atoms with Crippen LogP contribution in [0.4, 0.5) is 0 Å². The van der Waals surface area contributed by atoms with Crippen LogP contribution in [0.2, 0.25) is 0 Å². The number of alkyl halides is 1. The first kappa shape index (κ1) is 6.94. The molecule has 0 N–H and O–H groups in total. The zero-order valence-corrected chi connectivity index (χ0v) is 5.84. The van der Waals surface area contributed by atoms with Crippen LogP contribution in [0.15, 0.2) is 12.7 Å². The van der Waals surface area contributed by atoms with Crippen LogP contribution in [0, 0.1) is 0 Å². The summed E-state index contributed by atoms with van der Waals surface area (Å²) in [5.41, 5.74) is 0. The highest BCUT2D eigenvalue weighted by molar-refractivity contribution is 14.1. The maximum atomic E-state index is 10.1. The molecule has 3 heteroatoms. The molecule has 2 nitrogen and oxygen atoms in total. The van der Waals surface area contributed by atoms with Crippen molar-refractivity contribution in [2.24, 2.45) is 0 Å². The molecule has 0 radical (unpaired) electrons. The number of rotatable bonds is 2. The number of hydrogen-bond acceptors (Lipinski definition) is 2. The first-order valence-electron chi connectivity index (χ1n) is 1.66. The molecular formula is C4H5IO2. The number of carbonyl (C=O) groups is 1. The summed E-state index contributed by atoms with van der Waals surface area (Å²) in [7, 11) is 0. The zero-order valence-electron chi connectivity index (χ0n) is 3.69. The average molecular weight is 212 g/mol. The quantitative estimate of drug-likeness (QED) is 0.296. The largest absolute Gasteiger partial charge is 0.452 e. The van der Waals surface area contributed by atoms with E-state index >= 15 is 0 Å². The molecule has 0 heterocycles. The third kappa shape index (κ3) is 3.78. The van der Waals surface area contributed by atoms with Crippen molar-refractivity contribution < 1.29 is 9.53 Å². The highest BCUT2D eigenvalue weighted by Crippen LogP contribution is 1.84. The Hall–Kier alpha value is -0.0600. The standard InChI is InChI=1S/C4H5IO2/c1-2-4(6)7-3-5/h2H,1,3H2. The van der Waals surface area contributed by atoms with Gasteiger partial charge in [0.25, 0.3) is 0 Å². The van der Waals surface area contributed by atoms with Crippen molar-refractivity contribution in [1.82, 2.24) is 0 Å². The molecule has 0 saturated heterocycles. The van der Waals surface area contributed by atoms with Crippen molar-refractivity contribution in [3.05, 3.63) is 12.7 Å². The second-order valence-electron chi connectivity index (χ2n) is 0.777. The van der Waals surface area contributed by atoms with Gasteiger partial charge in [-0.2, -0.15) is 0 Å². The molecular weight excluding hydrogens is 207 g/mol. The van der Waals surface area contributed by atoms with E-state index in [0.717, 1.165) is 6.08 Å². The predicted octanol–water partition coefficient (Wildman–Crippen LogP) is 1.11. The van der Waals surface area contributed by atoms with Crippen molar-refractivity contribution in [2.45, 2.75) is 0 Å². The summed E-state index contributed by atoms with van der Waals surface area (Å²) in [6.45, 7) is 3.20. The van der Waals surface area contributed by atoms with E-state index in [2.05, 4.69) is 11.3 Å². The number of esters is 1. The maximum Gasteiger partial charge on any atom is 0.330 e. The molecule has 0 aromatic rings. The molecule has 0 aliphatic heterocycles. The van der Waals surface area contributed by atoms with Gasteiger partial charge < -0.3 is 4.74 Å². The number of hydrogen-bond donors (Lipinski definition) is 0. The van der Waals surface area contributed by atoms with Gasteiger partial charge in [-0.15, -0.1) is 0 Å². The van der Waals surface area contributed by atoms with Crippen LogP contribution < -0.4 is 0 Å². The predicted molar refractivity (Wildman–Crippen MR) is 35.2 cm³/mol. The Labute approximate surface area is 55.7 Å². The van der Waals surface area contributed by atoms with Gasteiger partial charge in [-0.1, -0.05) is 6.58 Å². The Balaban J connectivity index is 3.17. The fraction of sp³-hybridized carbons (Fsp3) is 0.250. The lowest BCUT2D eigenvalue weighted by molar-refractivity contribution is -0.135.